The van der Waals surface area contributed by atoms with Gasteiger partial charge in [-0.2, -0.15) is 12.6 Å². The predicted molar refractivity (Wildman–Crippen MR) is 67.2 cm³/mol. The minimum atomic E-state index is -1.46. The van der Waals surface area contributed by atoms with Crippen LogP contribution in [0.5, 0.6) is 0 Å². The van der Waals surface area contributed by atoms with Gasteiger partial charge in [0, 0.05) is 30.6 Å². The number of carboxylic acids is 2. The fraction of sp³-hybridized carbons (Fsp3) is 0.636. The van der Waals surface area contributed by atoms with E-state index in [4.69, 9.17) is 5.73 Å². The number of carboxylic acid groups (broad SMARTS) is 2. The van der Waals surface area contributed by atoms with Crippen molar-refractivity contribution in [2.75, 3.05) is 5.75 Å². The van der Waals surface area contributed by atoms with Crippen LogP contribution in [-0.2, 0) is 19.2 Å². The van der Waals surface area contributed by atoms with Crippen LogP contribution in [0.15, 0.2) is 0 Å². The molecule has 1 amide bonds. The maximum absolute atomic E-state index is 11.6. The monoisotopic (exact) mass is 304 g/mol. The van der Waals surface area contributed by atoms with Crippen molar-refractivity contribution in [2.24, 2.45) is 5.73 Å². The van der Waals surface area contributed by atoms with Gasteiger partial charge in [0.25, 0.3) is 0 Å². The molecule has 2 atom stereocenters. The molecule has 20 heavy (non-hydrogen) atoms. The fourth-order valence-corrected chi connectivity index (χ4v) is 1.59. The van der Waals surface area contributed by atoms with E-state index in [-0.39, 0.29) is 25.0 Å². The highest BCUT2D eigenvalue weighted by molar-refractivity contribution is 7.80. The number of hydrogen-bond donors (Lipinski definition) is 3. The molecule has 0 heterocycles. The molecule has 0 aliphatic heterocycles. The molecule has 0 bridgehead atoms. The second-order valence-electron chi connectivity index (χ2n) is 4.11. The molecular weight excluding hydrogens is 288 g/mol. The van der Waals surface area contributed by atoms with Crippen LogP contribution in [0.4, 0.5) is 0 Å². The van der Waals surface area contributed by atoms with Gasteiger partial charge in [-0.25, -0.2) is 0 Å². The summed E-state index contributed by atoms with van der Waals surface area (Å²) < 4.78 is 0. The Bertz CT molecular complexity index is 387. The molecule has 0 radical (unpaired) electrons. The number of rotatable bonds is 10. The largest absolute Gasteiger partial charge is 0.550 e. The van der Waals surface area contributed by atoms with Gasteiger partial charge in [0.1, 0.15) is 0 Å². The number of amides is 1. The lowest BCUT2D eigenvalue weighted by molar-refractivity contribution is -0.308. The van der Waals surface area contributed by atoms with Gasteiger partial charge in [0.15, 0.2) is 5.78 Å². The number of carbonyl (C=O) groups excluding carboxylic acids is 4. The predicted octanol–water partition coefficient (Wildman–Crippen LogP) is -3.64. The van der Waals surface area contributed by atoms with Crippen LogP contribution in [0.1, 0.15) is 25.7 Å². The third-order valence-electron chi connectivity index (χ3n) is 2.47. The first-order valence-corrected chi connectivity index (χ1v) is 6.50. The third kappa shape index (κ3) is 7.74. The minimum Gasteiger partial charge on any atom is -0.550 e. The molecule has 0 unspecified atom stereocenters. The fourth-order valence-electron chi connectivity index (χ4n) is 1.30. The van der Waals surface area contributed by atoms with Crippen molar-refractivity contribution in [2.45, 2.75) is 37.8 Å². The molecule has 114 valence electrons. The van der Waals surface area contributed by atoms with Crippen LogP contribution < -0.4 is 21.3 Å². The zero-order valence-corrected chi connectivity index (χ0v) is 11.6. The number of thiol groups is 1. The van der Waals surface area contributed by atoms with E-state index in [2.05, 4.69) is 17.9 Å². The highest BCUT2D eigenvalue weighted by atomic mass is 32.1. The second kappa shape index (κ2) is 9.32. The third-order valence-corrected chi connectivity index (χ3v) is 2.83. The Kier molecular flexibility index (Phi) is 8.57. The van der Waals surface area contributed by atoms with Crippen LogP contribution in [-0.4, -0.2) is 41.5 Å². The van der Waals surface area contributed by atoms with Crippen LogP contribution in [0.2, 0.25) is 0 Å². The van der Waals surface area contributed by atoms with Gasteiger partial charge in [-0.05, 0) is 12.8 Å². The lowest BCUT2D eigenvalue weighted by Gasteiger charge is -2.17. The molecule has 0 spiro atoms. The zero-order chi connectivity index (χ0) is 15.7. The van der Waals surface area contributed by atoms with Crippen molar-refractivity contribution in [1.82, 2.24) is 5.32 Å². The average molecular weight is 304 g/mol. The van der Waals surface area contributed by atoms with Crippen molar-refractivity contribution in [3.05, 3.63) is 0 Å². The van der Waals surface area contributed by atoms with Crippen molar-refractivity contribution in [3.63, 3.8) is 0 Å². The number of nitrogens with one attached hydrogen (secondary N) is 1. The maximum Gasteiger partial charge on any atom is 0.220 e. The summed E-state index contributed by atoms with van der Waals surface area (Å²) in [6, 6.07) is -2.19. The van der Waals surface area contributed by atoms with E-state index in [0.29, 0.717) is 0 Å². The summed E-state index contributed by atoms with van der Waals surface area (Å²) in [6.45, 7) is 0. The summed E-state index contributed by atoms with van der Waals surface area (Å²) in [5, 5.41) is 22.9. The van der Waals surface area contributed by atoms with Crippen LogP contribution in [0.3, 0.4) is 0 Å². The second-order valence-corrected chi connectivity index (χ2v) is 4.47. The van der Waals surface area contributed by atoms with Crippen molar-refractivity contribution in [1.29, 1.82) is 0 Å². The highest BCUT2D eigenvalue weighted by Crippen LogP contribution is 2.01. The molecular formula is C11H16N2O6S-2. The Hall–Kier alpha value is -1.61. The summed E-state index contributed by atoms with van der Waals surface area (Å²) in [5.74, 6) is -3.87. The van der Waals surface area contributed by atoms with Crippen molar-refractivity contribution in [3.8, 4) is 0 Å². The minimum absolute atomic E-state index is 0.00413. The quantitative estimate of drug-likeness (QED) is 0.352. The molecule has 0 aliphatic rings. The van der Waals surface area contributed by atoms with E-state index in [9.17, 15) is 29.4 Å². The molecule has 0 aliphatic carbocycles. The molecule has 0 rings (SSSR count). The van der Waals surface area contributed by atoms with Crippen LogP contribution in [0.25, 0.3) is 0 Å². The first kappa shape index (κ1) is 18.4. The van der Waals surface area contributed by atoms with Crippen LogP contribution >= 0.6 is 12.6 Å². The highest BCUT2D eigenvalue weighted by Gasteiger charge is 2.19. The van der Waals surface area contributed by atoms with E-state index in [1.54, 1.807) is 0 Å². The summed E-state index contributed by atoms with van der Waals surface area (Å²) in [6.07, 6.45) is -1.02. The molecule has 0 aromatic carbocycles. The van der Waals surface area contributed by atoms with Gasteiger partial charge in [-0.1, -0.05) is 0 Å². The van der Waals surface area contributed by atoms with Gasteiger partial charge in [-0.3, -0.25) is 9.59 Å². The van der Waals surface area contributed by atoms with E-state index < -0.39 is 42.1 Å². The number of carbonyl (C=O) groups is 4. The molecule has 0 saturated heterocycles. The molecule has 0 fully saturated rings. The Morgan fingerprint density at radius 2 is 1.70 bits per heavy atom. The van der Waals surface area contributed by atoms with Gasteiger partial charge in [0.05, 0.1) is 12.0 Å². The molecule has 0 aromatic rings. The molecule has 9 heteroatoms. The number of ketones is 1. The first-order valence-electron chi connectivity index (χ1n) is 5.87. The van der Waals surface area contributed by atoms with Gasteiger partial charge < -0.3 is 30.9 Å². The number of hydrogen-bond acceptors (Lipinski definition) is 8. The maximum atomic E-state index is 11.6. The summed E-state index contributed by atoms with van der Waals surface area (Å²) in [5.41, 5.74) is 5.17. The Morgan fingerprint density at radius 1 is 1.10 bits per heavy atom. The topological polar surface area (TPSA) is 152 Å². The Morgan fingerprint density at radius 3 is 2.15 bits per heavy atom. The lowest BCUT2D eigenvalue weighted by Crippen LogP contribution is -2.45. The molecule has 0 saturated carbocycles. The van der Waals surface area contributed by atoms with E-state index in [0.717, 1.165) is 0 Å². The van der Waals surface area contributed by atoms with Crippen molar-refractivity contribution < 1.29 is 29.4 Å². The van der Waals surface area contributed by atoms with E-state index >= 15 is 0 Å². The standard InChI is InChI=1S/C11H18N2O6S/c12-6(11(18)19)1-3-9(15)13-7(5-20)8(14)2-4-10(16)17/h6-7,20H,1-5,12H2,(H,13,15)(H,16,17)(H,18,19)/p-2/t6-,7-/m0/s1. The Balaban J connectivity index is 4.21. The molecule has 3 N–H and O–H groups in total. The smallest absolute Gasteiger partial charge is 0.220 e. The summed E-state index contributed by atoms with van der Waals surface area (Å²) in [7, 11) is 0. The molecule has 0 aromatic heterocycles. The molecule has 8 nitrogen and oxygen atoms in total. The number of Topliss-reactive ketones (excluding diaryl/α,β-unsaturated/α-hetero) is 1. The summed E-state index contributed by atoms with van der Waals surface area (Å²) >= 11 is 3.89. The van der Waals surface area contributed by atoms with Crippen LogP contribution in [0, 0.1) is 0 Å². The number of aliphatic carboxylic acids is 2. The average Bonchev–Trinajstić information content (AvgIpc) is 2.38. The van der Waals surface area contributed by atoms with Gasteiger partial charge >= 0.3 is 0 Å². The number of nitrogens with two attached hydrogens (primary N) is 1. The zero-order valence-electron chi connectivity index (χ0n) is 10.7. The lowest BCUT2D eigenvalue weighted by atomic mass is 10.1. The van der Waals surface area contributed by atoms with Gasteiger partial charge in [-0.15, -0.1) is 0 Å². The first-order chi connectivity index (χ1) is 9.27. The van der Waals surface area contributed by atoms with Gasteiger partial charge in [0.2, 0.25) is 5.91 Å². The Labute approximate surface area is 121 Å². The van der Waals surface area contributed by atoms with E-state index in [1.807, 2.05) is 0 Å². The van der Waals surface area contributed by atoms with E-state index in [1.165, 1.54) is 0 Å². The summed E-state index contributed by atoms with van der Waals surface area (Å²) in [4.78, 5) is 43.6. The normalized spacial score (nSPS) is 13.3. The van der Waals surface area contributed by atoms with Crippen molar-refractivity contribution >= 4 is 36.3 Å². The SMILES string of the molecule is N[C@@H](CCC(=O)N[C@@H](CS)C(=O)CCC(=O)[O-])C(=O)[O-].